The van der Waals surface area contributed by atoms with Crippen molar-refractivity contribution in [2.24, 2.45) is 0 Å². The van der Waals surface area contributed by atoms with Crippen LogP contribution in [-0.4, -0.2) is 0 Å². The van der Waals surface area contributed by atoms with E-state index in [0.717, 1.165) is 0 Å². The summed E-state index contributed by atoms with van der Waals surface area (Å²) < 4.78 is 0. The van der Waals surface area contributed by atoms with E-state index in [9.17, 15) is 0 Å². The third kappa shape index (κ3) is 21.4. The minimum atomic E-state index is 0. The predicted molar refractivity (Wildman–Crippen MR) is 22.2 cm³/mol. The molecule has 0 aromatic rings. The molecule has 2 unspecified atom stereocenters. The summed E-state index contributed by atoms with van der Waals surface area (Å²) in [6.07, 6.45) is 0. The largest absolute Gasteiger partial charge is 0.153 e. The molecule has 0 fully saturated rings. The van der Waals surface area contributed by atoms with Crippen LogP contribution in [0.1, 0.15) is 0 Å². The van der Waals surface area contributed by atoms with Gasteiger partial charge in [-0.2, -0.15) is 19.8 Å². The molecule has 40 valence electrons. The summed E-state index contributed by atoms with van der Waals surface area (Å²) in [5.74, 6) is 0. The normalized spacial score (nSPS) is 0. The molecule has 0 aliphatic rings. The standard InChI is InChI=1S/3Fe.2H3P/h;;;2*1H3. The maximum atomic E-state index is 0. The molecule has 0 aromatic carbocycles. The molecule has 5 heavy (non-hydrogen) atoms. The van der Waals surface area contributed by atoms with E-state index in [-0.39, 0.29) is 71.0 Å². The second-order valence-electron chi connectivity index (χ2n) is 0. The van der Waals surface area contributed by atoms with Gasteiger partial charge in [0.25, 0.3) is 0 Å². The molecule has 0 radical (unpaired) electrons. The van der Waals surface area contributed by atoms with Gasteiger partial charge in [0.05, 0.1) is 0 Å². The van der Waals surface area contributed by atoms with E-state index in [1.54, 1.807) is 0 Å². The summed E-state index contributed by atoms with van der Waals surface area (Å²) in [5, 5.41) is 0. The van der Waals surface area contributed by atoms with Crippen LogP contribution in [0.5, 0.6) is 0 Å². The van der Waals surface area contributed by atoms with E-state index < -0.39 is 0 Å². The van der Waals surface area contributed by atoms with E-state index in [1.807, 2.05) is 0 Å². The Morgan fingerprint density at radius 3 is 0.400 bits per heavy atom. The number of rotatable bonds is 0. The van der Waals surface area contributed by atoms with Crippen LogP contribution >= 0.6 is 19.8 Å². The Kier molecular flexibility index (Phi) is 337. The van der Waals surface area contributed by atoms with Crippen LogP contribution in [0.25, 0.3) is 0 Å². The van der Waals surface area contributed by atoms with Gasteiger partial charge in [-0.1, -0.05) is 0 Å². The SMILES string of the molecule is P.P.[Fe].[Fe].[Fe]. The Bertz CT molecular complexity index is 4.85. The second kappa shape index (κ2) is 32.2. The molecule has 0 heterocycles. The second-order valence-corrected chi connectivity index (χ2v) is 0. The molecule has 0 saturated carbocycles. The third-order valence-electron chi connectivity index (χ3n) is 0. The van der Waals surface area contributed by atoms with Gasteiger partial charge < -0.3 is 0 Å². The molecule has 0 amide bonds. The Balaban J connectivity index is 0. The van der Waals surface area contributed by atoms with Crippen molar-refractivity contribution < 1.29 is 51.2 Å². The van der Waals surface area contributed by atoms with E-state index >= 15 is 0 Å². The zero-order chi connectivity index (χ0) is 0. The van der Waals surface area contributed by atoms with Crippen molar-refractivity contribution >= 4 is 19.8 Å². The Morgan fingerprint density at radius 2 is 0.400 bits per heavy atom. The van der Waals surface area contributed by atoms with Crippen LogP contribution in [0.2, 0.25) is 0 Å². The fourth-order valence-corrected chi connectivity index (χ4v) is 0. The Morgan fingerprint density at radius 1 is 0.400 bits per heavy atom. The van der Waals surface area contributed by atoms with Crippen LogP contribution in [0.4, 0.5) is 0 Å². The summed E-state index contributed by atoms with van der Waals surface area (Å²) in [6, 6.07) is 0. The molecular weight excluding hydrogens is 229 g/mol. The molecule has 0 bridgehead atoms. The Hall–Kier alpha value is 2.42. The molecule has 0 saturated heterocycles. The summed E-state index contributed by atoms with van der Waals surface area (Å²) in [7, 11) is 0. The molecule has 0 aliphatic heterocycles. The molecule has 0 spiro atoms. The number of hydrogen-bond donors (Lipinski definition) is 0. The van der Waals surface area contributed by atoms with Crippen LogP contribution in [0, 0.1) is 0 Å². The fourth-order valence-electron chi connectivity index (χ4n) is 0. The van der Waals surface area contributed by atoms with Gasteiger partial charge in [-0.25, -0.2) is 0 Å². The summed E-state index contributed by atoms with van der Waals surface area (Å²) in [6.45, 7) is 0. The van der Waals surface area contributed by atoms with Crippen molar-refractivity contribution in [3.63, 3.8) is 0 Å². The summed E-state index contributed by atoms with van der Waals surface area (Å²) in [5.41, 5.74) is 0. The van der Waals surface area contributed by atoms with Crippen molar-refractivity contribution in [2.75, 3.05) is 0 Å². The van der Waals surface area contributed by atoms with Crippen molar-refractivity contribution in [1.29, 1.82) is 0 Å². The van der Waals surface area contributed by atoms with Gasteiger partial charge in [-0.05, 0) is 0 Å². The molecule has 0 N–H and O–H groups in total. The summed E-state index contributed by atoms with van der Waals surface area (Å²) >= 11 is 0. The van der Waals surface area contributed by atoms with Crippen LogP contribution < -0.4 is 0 Å². The average molecular weight is 236 g/mol. The molecule has 5 heteroatoms. The third-order valence-corrected chi connectivity index (χ3v) is 0. The maximum Gasteiger partial charge on any atom is 0 e. The van der Waals surface area contributed by atoms with Gasteiger partial charge in [-0.3, -0.25) is 0 Å². The molecule has 0 nitrogen and oxygen atoms in total. The first-order valence-electron chi connectivity index (χ1n) is 0. The van der Waals surface area contributed by atoms with Gasteiger partial charge in [0.15, 0.2) is 0 Å². The number of hydrogen-bond acceptors (Lipinski definition) is 0. The molecule has 0 aliphatic carbocycles. The van der Waals surface area contributed by atoms with Crippen molar-refractivity contribution in [3.8, 4) is 0 Å². The molecule has 0 rings (SSSR count). The quantitative estimate of drug-likeness (QED) is 0.413. The maximum absolute atomic E-state index is 0. The summed E-state index contributed by atoms with van der Waals surface area (Å²) in [4.78, 5) is 0. The van der Waals surface area contributed by atoms with Crippen molar-refractivity contribution in [3.05, 3.63) is 0 Å². The smallest absolute Gasteiger partial charge is 0 e. The first kappa shape index (κ1) is 52.3. The zero-order valence-corrected chi connectivity index (χ0v) is 8.62. The monoisotopic (exact) mass is 236 g/mol. The minimum Gasteiger partial charge on any atom is -0.153 e. The van der Waals surface area contributed by atoms with Crippen molar-refractivity contribution in [1.82, 2.24) is 0 Å². The molecular formula is H6Fe3P2. The first-order valence-corrected chi connectivity index (χ1v) is 0. The molecule has 0 aromatic heterocycles. The van der Waals surface area contributed by atoms with Crippen molar-refractivity contribution in [2.45, 2.75) is 0 Å². The van der Waals surface area contributed by atoms with E-state index in [2.05, 4.69) is 0 Å². The topological polar surface area (TPSA) is 0 Å². The van der Waals surface area contributed by atoms with E-state index in [1.165, 1.54) is 0 Å². The van der Waals surface area contributed by atoms with Crippen LogP contribution in [0.15, 0.2) is 0 Å². The zero-order valence-electron chi connectivity index (χ0n) is 2.47. The van der Waals surface area contributed by atoms with Crippen LogP contribution in [-0.2, 0) is 51.2 Å². The predicted octanol–water partition coefficient (Wildman–Crippen LogP) is 0.109. The minimum absolute atomic E-state index is 0. The van der Waals surface area contributed by atoms with Gasteiger partial charge in [-0.15, -0.1) is 0 Å². The Labute approximate surface area is 70.7 Å². The molecule has 2 atom stereocenters. The van der Waals surface area contributed by atoms with Gasteiger partial charge >= 0.3 is 0 Å². The van der Waals surface area contributed by atoms with Gasteiger partial charge in [0.1, 0.15) is 0 Å². The van der Waals surface area contributed by atoms with Gasteiger partial charge in [0.2, 0.25) is 0 Å². The average Bonchev–Trinajstić information content (AvgIpc) is 0. The fraction of sp³-hybridized carbons (Fsp3) is 0. The van der Waals surface area contributed by atoms with Crippen LogP contribution in [0.3, 0.4) is 0 Å². The van der Waals surface area contributed by atoms with E-state index in [4.69, 9.17) is 0 Å². The van der Waals surface area contributed by atoms with Gasteiger partial charge in [0, 0.05) is 51.2 Å². The first-order chi connectivity index (χ1) is 0. The van der Waals surface area contributed by atoms with E-state index in [0.29, 0.717) is 0 Å².